The average molecular weight is 619 g/mol. The Balaban J connectivity index is 1.36. The standard InChI is InChI=1S/C36H58O8/c1-20-27(40)28(41)29(42)30(43-20)44-26-11-12-32(4)23(33(26,5)18-37)10-13-34(6)24(32)9-8-21-22-16-31(2,3)14-15-36(22,19-38)25(39)17-35(21,34)7/h8-9,20,23-30,37-42H,10-19H2,1-7H3/t20-,23?,24?,25+,26+,27+,28+,29-,30+,32+,33+,34-,35-,36-/m0/s1. The van der Waals surface area contributed by atoms with Crippen LogP contribution in [0.3, 0.4) is 0 Å². The number of allylic oxidation sites excluding steroid dienone is 3. The third-order valence-electron chi connectivity index (χ3n) is 14.7. The number of rotatable bonds is 4. The summed E-state index contributed by atoms with van der Waals surface area (Å²) in [6.45, 7) is 15.4. The van der Waals surface area contributed by atoms with Gasteiger partial charge in [0.1, 0.15) is 18.3 Å². The second kappa shape index (κ2) is 10.6. The van der Waals surface area contributed by atoms with Gasteiger partial charge in [-0.1, -0.05) is 59.3 Å². The molecule has 0 aromatic carbocycles. The molecule has 5 aliphatic carbocycles. The average Bonchev–Trinajstić information content (AvgIpc) is 2.96. The maximum absolute atomic E-state index is 11.9. The summed E-state index contributed by atoms with van der Waals surface area (Å²) in [5.41, 5.74) is 1.04. The predicted molar refractivity (Wildman–Crippen MR) is 166 cm³/mol. The van der Waals surface area contributed by atoms with Gasteiger partial charge in [0.2, 0.25) is 0 Å². The minimum Gasteiger partial charge on any atom is -0.396 e. The van der Waals surface area contributed by atoms with Gasteiger partial charge >= 0.3 is 0 Å². The molecule has 44 heavy (non-hydrogen) atoms. The van der Waals surface area contributed by atoms with Crippen LogP contribution in [-0.4, -0.2) is 86.8 Å². The molecule has 8 nitrogen and oxygen atoms in total. The highest BCUT2D eigenvalue weighted by Crippen LogP contribution is 2.74. The summed E-state index contributed by atoms with van der Waals surface area (Å²) in [7, 11) is 0. The Kier molecular flexibility index (Phi) is 7.95. The summed E-state index contributed by atoms with van der Waals surface area (Å²) >= 11 is 0. The van der Waals surface area contributed by atoms with Crippen LogP contribution in [0.4, 0.5) is 0 Å². The van der Waals surface area contributed by atoms with Crippen molar-refractivity contribution in [3.63, 3.8) is 0 Å². The molecule has 0 aromatic heterocycles. The van der Waals surface area contributed by atoms with Crippen LogP contribution in [-0.2, 0) is 9.47 Å². The van der Waals surface area contributed by atoms with E-state index in [1.807, 2.05) is 0 Å². The van der Waals surface area contributed by atoms with Gasteiger partial charge < -0.3 is 40.1 Å². The first kappa shape index (κ1) is 33.1. The Hall–Kier alpha value is -0.840. The van der Waals surface area contributed by atoms with E-state index in [0.29, 0.717) is 12.8 Å². The molecule has 6 aliphatic rings. The van der Waals surface area contributed by atoms with Gasteiger partial charge in [0.05, 0.1) is 31.5 Å². The topological polar surface area (TPSA) is 140 Å². The van der Waals surface area contributed by atoms with E-state index in [-0.39, 0.29) is 46.7 Å². The molecule has 1 heterocycles. The van der Waals surface area contributed by atoms with Crippen molar-refractivity contribution in [3.05, 3.63) is 23.3 Å². The summed E-state index contributed by atoms with van der Waals surface area (Å²) in [5, 5.41) is 65.0. The lowest BCUT2D eigenvalue weighted by Gasteiger charge is -2.70. The van der Waals surface area contributed by atoms with E-state index in [9.17, 15) is 30.6 Å². The molecule has 6 rings (SSSR count). The van der Waals surface area contributed by atoms with E-state index in [1.165, 1.54) is 11.1 Å². The quantitative estimate of drug-likeness (QED) is 0.261. The molecule has 0 aromatic rings. The van der Waals surface area contributed by atoms with Crippen LogP contribution in [0, 0.1) is 44.3 Å². The van der Waals surface area contributed by atoms with Gasteiger partial charge in [-0.3, -0.25) is 0 Å². The van der Waals surface area contributed by atoms with E-state index in [1.54, 1.807) is 6.92 Å². The zero-order valence-electron chi connectivity index (χ0n) is 27.9. The second-order valence-corrected chi connectivity index (χ2v) is 17.5. The maximum atomic E-state index is 11.9. The minimum atomic E-state index is -1.38. The SMILES string of the molecule is C[C@@H]1O[C@H](O[C@@H]2CC[C@@]3(C)C4C=CC5=C6CC(C)(C)CC[C@@]6(CO)[C@H](O)C[C@]5(C)[C@@]4(C)CCC3[C@@]2(C)CO)[C@@H](O)[C@H](O)[C@@H]1O. The van der Waals surface area contributed by atoms with Crippen molar-refractivity contribution >= 4 is 0 Å². The minimum absolute atomic E-state index is 0.0165. The molecular weight excluding hydrogens is 560 g/mol. The summed E-state index contributed by atoms with van der Waals surface area (Å²) in [4.78, 5) is 0. The smallest absolute Gasteiger partial charge is 0.186 e. The fraction of sp³-hybridized carbons (Fsp3) is 0.889. The molecule has 14 atom stereocenters. The van der Waals surface area contributed by atoms with Crippen LogP contribution >= 0.6 is 0 Å². The fourth-order valence-corrected chi connectivity index (χ4v) is 11.6. The first-order chi connectivity index (χ1) is 20.4. The fourth-order valence-electron chi connectivity index (χ4n) is 11.6. The number of hydrogen-bond donors (Lipinski definition) is 6. The van der Waals surface area contributed by atoms with Gasteiger partial charge in [0, 0.05) is 16.2 Å². The van der Waals surface area contributed by atoms with Gasteiger partial charge in [0.25, 0.3) is 0 Å². The van der Waals surface area contributed by atoms with Crippen molar-refractivity contribution in [2.24, 2.45) is 44.3 Å². The molecular formula is C36H58O8. The highest BCUT2D eigenvalue weighted by Gasteiger charge is 2.69. The second-order valence-electron chi connectivity index (χ2n) is 17.5. The van der Waals surface area contributed by atoms with Gasteiger partial charge in [0.15, 0.2) is 6.29 Å². The number of ether oxygens (including phenoxy) is 2. The zero-order valence-corrected chi connectivity index (χ0v) is 27.9. The number of aliphatic hydroxyl groups is 6. The van der Waals surface area contributed by atoms with Gasteiger partial charge in [-0.25, -0.2) is 0 Å². The largest absolute Gasteiger partial charge is 0.396 e. The lowest BCUT2D eigenvalue weighted by molar-refractivity contribution is -0.327. The van der Waals surface area contributed by atoms with Crippen LogP contribution < -0.4 is 0 Å². The Morgan fingerprint density at radius 1 is 0.864 bits per heavy atom. The Morgan fingerprint density at radius 3 is 2.23 bits per heavy atom. The lowest BCUT2D eigenvalue weighted by atomic mass is 9.35. The van der Waals surface area contributed by atoms with E-state index >= 15 is 0 Å². The lowest BCUT2D eigenvalue weighted by Crippen LogP contribution is -2.66. The van der Waals surface area contributed by atoms with Crippen LogP contribution in [0.15, 0.2) is 23.3 Å². The number of aliphatic hydroxyl groups excluding tert-OH is 6. The molecule has 0 spiro atoms. The normalized spacial score (nSPS) is 55.1. The van der Waals surface area contributed by atoms with Gasteiger partial charge in [-0.2, -0.15) is 0 Å². The Bertz CT molecular complexity index is 1200. The number of hydrogen-bond acceptors (Lipinski definition) is 8. The van der Waals surface area contributed by atoms with Crippen molar-refractivity contribution in [1.29, 1.82) is 0 Å². The molecule has 0 amide bonds. The Morgan fingerprint density at radius 2 is 1.57 bits per heavy atom. The van der Waals surface area contributed by atoms with Crippen LogP contribution in [0.1, 0.15) is 99.8 Å². The molecule has 250 valence electrons. The van der Waals surface area contributed by atoms with Gasteiger partial charge in [-0.05, 0) is 91.9 Å². The highest BCUT2D eigenvalue weighted by molar-refractivity contribution is 5.47. The first-order valence-corrected chi connectivity index (χ1v) is 17.1. The van der Waals surface area contributed by atoms with E-state index in [2.05, 4.69) is 53.7 Å². The van der Waals surface area contributed by atoms with Crippen molar-refractivity contribution in [2.45, 2.75) is 143 Å². The predicted octanol–water partition coefficient (Wildman–Crippen LogP) is 3.86. The summed E-state index contributed by atoms with van der Waals surface area (Å²) < 4.78 is 12.3. The van der Waals surface area contributed by atoms with Gasteiger partial charge in [-0.15, -0.1) is 0 Å². The molecule has 1 aliphatic heterocycles. The maximum Gasteiger partial charge on any atom is 0.186 e. The van der Waals surface area contributed by atoms with Crippen molar-refractivity contribution < 1.29 is 40.1 Å². The summed E-state index contributed by atoms with van der Waals surface area (Å²) in [6, 6.07) is 0. The first-order valence-electron chi connectivity index (χ1n) is 17.1. The molecule has 0 bridgehead atoms. The van der Waals surface area contributed by atoms with E-state index in [4.69, 9.17) is 9.47 Å². The molecule has 8 heteroatoms. The van der Waals surface area contributed by atoms with Crippen molar-refractivity contribution in [3.8, 4) is 0 Å². The third-order valence-corrected chi connectivity index (χ3v) is 14.7. The molecule has 1 saturated heterocycles. The molecule has 0 radical (unpaired) electrons. The summed E-state index contributed by atoms with van der Waals surface area (Å²) in [6.07, 6.45) is 4.77. The molecule has 3 saturated carbocycles. The molecule has 4 fully saturated rings. The van der Waals surface area contributed by atoms with Crippen molar-refractivity contribution in [2.75, 3.05) is 13.2 Å². The van der Waals surface area contributed by atoms with Crippen LogP contribution in [0.2, 0.25) is 0 Å². The monoisotopic (exact) mass is 618 g/mol. The van der Waals surface area contributed by atoms with E-state index in [0.717, 1.165) is 38.5 Å². The zero-order chi connectivity index (χ0) is 32.3. The number of fused-ring (bicyclic) bond motifs is 6. The Labute approximate surface area is 263 Å². The third kappa shape index (κ3) is 4.31. The van der Waals surface area contributed by atoms with Crippen molar-refractivity contribution in [1.82, 2.24) is 0 Å². The van der Waals surface area contributed by atoms with E-state index < -0.39 is 53.7 Å². The summed E-state index contributed by atoms with van der Waals surface area (Å²) in [5.74, 6) is 0.348. The van der Waals surface area contributed by atoms with Crippen LogP contribution in [0.5, 0.6) is 0 Å². The van der Waals surface area contributed by atoms with Crippen LogP contribution in [0.25, 0.3) is 0 Å². The highest BCUT2D eigenvalue weighted by atomic mass is 16.7. The molecule has 6 N–H and O–H groups in total. The molecule has 2 unspecified atom stereocenters.